The zero-order valence-electron chi connectivity index (χ0n) is 13.6. The highest BCUT2D eigenvalue weighted by atomic mass is 35.5. The first kappa shape index (κ1) is 19.9. The number of nitrogens with two attached hydrogens (primary N) is 1. The first-order valence-corrected chi connectivity index (χ1v) is 7.90. The molecule has 2 amide bonds. The van der Waals surface area contributed by atoms with Gasteiger partial charge in [-0.15, -0.1) is 0 Å². The first-order valence-electron chi connectivity index (χ1n) is 7.52. The van der Waals surface area contributed by atoms with Gasteiger partial charge in [0.2, 0.25) is 5.91 Å². The minimum Gasteiger partial charge on any atom is -0.348 e. The molecule has 0 aliphatic carbocycles. The highest BCUT2D eigenvalue weighted by Gasteiger charge is 2.27. The molecule has 4 N–H and O–H groups in total. The molecule has 0 aromatic heterocycles. The van der Waals surface area contributed by atoms with Gasteiger partial charge in [0.05, 0.1) is 22.0 Å². The summed E-state index contributed by atoms with van der Waals surface area (Å²) in [5.74, 6) is -1.21. The Morgan fingerprint density at radius 1 is 1.33 bits per heavy atom. The number of amides is 2. The lowest BCUT2D eigenvalue weighted by atomic mass is 9.93. The van der Waals surface area contributed by atoms with Crippen LogP contribution in [0.2, 0.25) is 5.02 Å². The van der Waals surface area contributed by atoms with Gasteiger partial charge in [-0.1, -0.05) is 31.5 Å². The normalized spacial score (nSPS) is 11.0. The van der Waals surface area contributed by atoms with Gasteiger partial charge in [0, 0.05) is 12.6 Å². The number of benzene rings is 1. The Hall–Kier alpha value is -2.19. The number of nitrogens with one attached hydrogen (secondary N) is 2. The number of hydrogen-bond donors (Lipinski definition) is 3. The van der Waals surface area contributed by atoms with Gasteiger partial charge < -0.3 is 16.4 Å². The summed E-state index contributed by atoms with van der Waals surface area (Å²) < 4.78 is 0. The Labute approximate surface area is 144 Å². The molecule has 8 nitrogen and oxygen atoms in total. The Balaban J connectivity index is 2.81. The van der Waals surface area contributed by atoms with Crippen LogP contribution in [-0.4, -0.2) is 35.4 Å². The lowest BCUT2D eigenvalue weighted by molar-refractivity contribution is -0.385. The largest absolute Gasteiger partial charge is 0.348 e. The predicted octanol–water partition coefficient (Wildman–Crippen LogP) is 1.61. The molecular weight excluding hydrogens is 336 g/mol. The van der Waals surface area contributed by atoms with E-state index in [4.69, 9.17) is 17.3 Å². The van der Waals surface area contributed by atoms with Gasteiger partial charge in [-0.25, -0.2) is 0 Å². The maximum atomic E-state index is 12.2. The number of hydrogen-bond acceptors (Lipinski definition) is 5. The standard InChI is InChI=1S/C15H21ClN4O4/c1-3-15(4-2,9-17)19-12(21)8-18-14(22)13-10(16)6-5-7-11(13)20(23)24/h5-7H,3-4,8-9,17H2,1-2H3,(H,18,22)(H,19,21). The monoisotopic (exact) mass is 356 g/mol. The first-order chi connectivity index (χ1) is 11.3. The fourth-order valence-electron chi connectivity index (χ4n) is 2.25. The second-order valence-electron chi connectivity index (χ2n) is 5.31. The molecule has 132 valence electrons. The van der Waals surface area contributed by atoms with Crippen molar-refractivity contribution in [2.75, 3.05) is 13.1 Å². The van der Waals surface area contributed by atoms with Crippen LogP contribution in [0.25, 0.3) is 0 Å². The van der Waals surface area contributed by atoms with Crippen LogP contribution in [0.4, 0.5) is 5.69 Å². The molecule has 0 aliphatic rings. The molecule has 0 heterocycles. The summed E-state index contributed by atoms with van der Waals surface area (Å²) in [4.78, 5) is 34.5. The van der Waals surface area contributed by atoms with Crippen molar-refractivity contribution in [3.8, 4) is 0 Å². The van der Waals surface area contributed by atoms with E-state index in [2.05, 4.69) is 10.6 Å². The molecule has 0 bridgehead atoms. The number of nitro groups is 1. The van der Waals surface area contributed by atoms with Crippen LogP contribution in [0, 0.1) is 10.1 Å². The van der Waals surface area contributed by atoms with Gasteiger partial charge in [-0.2, -0.15) is 0 Å². The van der Waals surface area contributed by atoms with E-state index in [1.807, 2.05) is 13.8 Å². The predicted molar refractivity (Wildman–Crippen MR) is 90.9 cm³/mol. The summed E-state index contributed by atoms with van der Waals surface area (Å²) in [6.45, 7) is 3.75. The van der Waals surface area contributed by atoms with Crippen LogP contribution >= 0.6 is 11.6 Å². The highest BCUT2D eigenvalue weighted by Crippen LogP contribution is 2.25. The van der Waals surface area contributed by atoms with Gasteiger partial charge >= 0.3 is 0 Å². The van der Waals surface area contributed by atoms with Crippen molar-refractivity contribution < 1.29 is 14.5 Å². The lowest BCUT2D eigenvalue weighted by Crippen LogP contribution is -2.55. The fraction of sp³-hybridized carbons (Fsp3) is 0.467. The maximum absolute atomic E-state index is 12.2. The molecule has 0 unspecified atom stereocenters. The molecule has 9 heteroatoms. The number of nitrogens with zero attached hydrogens (tertiary/aromatic N) is 1. The summed E-state index contributed by atoms with van der Waals surface area (Å²) in [6.07, 6.45) is 1.30. The molecule has 1 aromatic rings. The summed E-state index contributed by atoms with van der Waals surface area (Å²) in [5.41, 5.74) is 4.48. The van der Waals surface area contributed by atoms with E-state index < -0.39 is 28.0 Å². The maximum Gasteiger partial charge on any atom is 0.283 e. The van der Waals surface area contributed by atoms with E-state index in [0.717, 1.165) is 0 Å². The van der Waals surface area contributed by atoms with Crippen molar-refractivity contribution in [2.45, 2.75) is 32.2 Å². The van der Waals surface area contributed by atoms with Crippen molar-refractivity contribution in [3.63, 3.8) is 0 Å². The third kappa shape index (κ3) is 4.65. The van der Waals surface area contributed by atoms with E-state index in [-0.39, 0.29) is 23.7 Å². The number of halogens is 1. The third-order valence-corrected chi connectivity index (χ3v) is 4.29. The zero-order valence-corrected chi connectivity index (χ0v) is 14.4. The van der Waals surface area contributed by atoms with Crippen molar-refractivity contribution in [1.82, 2.24) is 10.6 Å². The molecule has 24 heavy (non-hydrogen) atoms. The van der Waals surface area contributed by atoms with Gasteiger partial charge in [0.1, 0.15) is 5.56 Å². The summed E-state index contributed by atoms with van der Waals surface area (Å²) in [5, 5.41) is 16.1. The molecule has 0 atom stereocenters. The summed E-state index contributed by atoms with van der Waals surface area (Å²) in [7, 11) is 0. The van der Waals surface area contributed by atoms with Crippen molar-refractivity contribution in [1.29, 1.82) is 0 Å². The lowest BCUT2D eigenvalue weighted by Gasteiger charge is -2.31. The number of carbonyl (C=O) groups excluding carboxylic acids is 2. The molecule has 1 aromatic carbocycles. The van der Waals surface area contributed by atoms with Crippen LogP contribution in [0.5, 0.6) is 0 Å². The highest BCUT2D eigenvalue weighted by molar-refractivity contribution is 6.34. The Morgan fingerprint density at radius 2 is 1.96 bits per heavy atom. The molecule has 1 rings (SSSR count). The Kier molecular flexibility index (Phi) is 7.12. The van der Waals surface area contributed by atoms with Gasteiger partial charge in [0.25, 0.3) is 11.6 Å². The molecule has 0 radical (unpaired) electrons. The van der Waals surface area contributed by atoms with Gasteiger partial charge in [-0.05, 0) is 18.9 Å². The second-order valence-corrected chi connectivity index (χ2v) is 5.72. The summed E-state index contributed by atoms with van der Waals surface area (Å²) >= 11 is 5.88. The number of nitro benzene ring substituents is 1. The molecule has 0 aliphatic heterocycles. The Morgan fingerprint density at radius 3 is 2.46 bits per heavy atom. The molecule has 0 saturated carbocycles. The smallest absolute Gasteiger partial charge is 0.283 e. The second kappa shape index (κ2) is 8.60. The zero-order chi connectivity index (χ0) is 18.3. The van der Waals surface area contributed by atoms with E-state index in [1.165, 1.54) is 18.2 Å². The topological polar surface area (TPSA) is 127 Å². The van der Waals surface area contributed by atoms with E-state index in [0.29, 0.717) is 12.8 Å². The van der Waals surface area contributed by atoms with Gasteiger partial charge in [0.15, 0.2) is 0 Å². The minimum absolute atomic E-state index is 0.0551. The molecule has 0 spiro atoms. The minimum atomic E-state index is -0.784. The Bertz CT molecular complexity index is 624. The average Bonchev–Trinajstić information content (AvgIpc) is 2.57. The number of carbonyl (C=O) groups is 2. The van der Waals surface area contributed by atoms with Gasteiger partial charge in [-0.3, -0.25) is 19.7 Å². The van der Waals surface area contributed by atoms with Crippen LogP contribution in [0.3, 0.4) is 0 Å². The van der Waals surface area contributed by atoms with Crippen molar-refractivity contribution in [2.24, 2.45) is 5.73 Å². The quantitative estimate of drug-likeness (QED) is 0.481. The third-order valence-electron chi connectivity index (χ3n) is 3.97. The molecular formula is C15H21ClN4O4. The van der Waals surface area contributed by atoms with Crippen molar-refractivity contribution in [3.05, 3.63) is 38.9 Å². The average molecular weight is 357 g/mol. The van der Waals surface area contributed by atoms with E-state index in [9.17, 15) is 19.7 Å². The van der Waals surface area contributed by atoms with E-state index >= 15 is 0 Å². The van der Waals surface area contributed by atoms with Crippen LogP contribution in [0.15, 0.2) is 18.2 Å². The van der Waals surface area contributed by atoms with Crippen LogP contribution in [0.1, 0.15) is 37.0 Å². The van der Waals surface area contributed by atoms with E-state index in [1.54, 1.807) is 0 Å². The van der Waals surface area contributed by atoms with Crippen LogP contribution in [-0.2, 0) is 4.79 Å². The van der Waals surface area contributed by atoms with Crippen molar-refractivity contribution >= 4 is 29.1 Å². The van der Waals surface area contributed by atoms with Crippen LogP contribution < -0.4 is 16.4 Å². The number of rotatable bonds is 8. The SMILES string of the molecule is CCC(CC)(CN)NC(=O)CNC(=O)c1c(Cl)cccc1[N+](=O)[O-]. The summed E-state index contributed by atoms with van der Waals surface area (Å²) in [6, 6.07) is 3.92. The molecule has 0 saturated heterocycles. The fourth-order valence-corrected chi connectivity index (χ4v) is 2.50. The molecule has 0 fully saturated rings.